The maximum atomic E-state index is 13.5. The van der Waals surface area contributed by atoms with Crippen molar-refractivity contribution in [2.45, 2.75) is 37.4 Å². The van der Waals surface area contributed by atoms with E-state index in [1.807, 2.05) is 41.3 Å². The Labute approximate surface area is 164 Å². The minimum atomic E-state index is -0.356. The normalized spacial score (nSPS) is 29.2. The molecule has 3 saturated heterocycles. The van der Waals surface area contributed by atoms with Crippen LogP contribution in [-0.2, 0) is 11.3 Å². The van der Waals surface area contributed by atoms with Gasteiger partial charge in [0, 0.05) is 25.0 Å². The Bertz CT molecular complexity index is 882. The van der Waals surface area contributed by atoms with Crippen LogP contribution in [0, 0.1) is 11.7 Å². The van der Waals surface area contributed by atoms with Crippen LogP contribution in [0.15, 0.2) is 48.5 Å². The van der Waals surface area contributed by atoms with Gasteiger partial charge in [-0.2, -0.15) is 0 Å². The van der Waals surface area contributed by atoms with E-state index in [0.717, 1.165) is 49.2 Å². The molecular formula is C23H25FN2O2. The maximum absolute atomic E-state index is 13.5. The molecule has 28 heavy (non-hydrogen) atoms. The number of halogens is 1. The zero-order valence-corrected chi connectivity index (χ0v) is 16.1. The van der Waals surface area contributed by atoms with E-state index in [4.69, 9.17) is 4.74 Å². The molecule has 4 nitrogen and oxygen atoms in total. The molecule has 0 bridgehead atoms. The molecule has 2 aromatic rings. The number of carbonyl (C=O) groups is 1. The first-order valence-corrected chi connectivity index (χ1v) is 10.1. The Hall–Kier alpha value is -2.40. The molecule has 146 valence electrons. The van der Waals surface area contributed by atoms with Crippen molar-refractivity contribution >= 4 is 5.91 Å². The van der Waals surface area contributed by atoms with Crippen molar-refractivity contribution in [1.82, 2.24) is 9.80 Å². The Morgan fingerprint density at radius 3 is 2.61 bits per heavy atom. The van der Waals surface area contributed by atoms with Gasteiger partial charge in [0.2, 0.25) is 5.91 Å². The molecule has 1 amide bonds. The molecule has 0 radical (unpaired) electrons. The number of amides is 1. The molecule has 1 spiro atoms. The van der Waals surface area contributed by atoms with Crippen LogP contribution in [0.2, 0.25) is 0 Å². The summed E-state index contributed by atoms with van der Waals surface area (Å²) in [5.74, 6) is 1.24. The van der Waals surface area contributed by atoms with Gasteiger partial charge in [0.15, 0.2) is 0 Å². The Morgan fingerprint density at radius 1 is 1.14 bits per heavy atom. The summed E-state index contributed by atoms with van der Waals surface area (Å²) >= 11 is 0. The zero-order chi connectivity index (χ0) is 19.3. The molecule has 3 fully saturated rings. The molecule has 2 aromatic carbocycles. The van der Waals surface area contributed by atoms with Crippen molar-refractivity contribution in [1.29, 1.82) is 0 Å². The summed E-state index contributed by atoms with van der Waals surface area (Å²) in [7, 11) is 1.66. The lowest BCUT2D eigenvalue weighted by Gasteiger charge is -2.33. The van der Waals surface area contributed by atoms with E-state index in [9.17, 15) is 9.18 Å². The summed E-state index contributed by atoms with van der Waals surface area (Å²) in [6.07, 6.45) is 2.96. The predicted molar refractivity (Wildman–Crippen MR) is 104 cm³/mol. The summed E-state index contributed by atoms with van der Waals surface area (Å²) in [5, 5.41) is 0. The van der Waals surface area contributed by atoms with Crippen LogP contribution >= 0.6 is 0 Å². The van der Waals surface area contributed by atoms with Crippen LogP contribution in [-0.4, -0.2) is 41.4 Å². The first-order valence-electron chi connectivity index (χ1n) is 10.1. The number of ether oxygens (including phenoxy) is 1. The van der Waals surface area contributed by atoms with Gasteiger partial charge >= 0.3 is 0 Å². The smallest absolute Gasteiger partial charge is 0.243 e. The minimum Gasteiger partial charge on any atom is -0.497 e. The lowest BCUT2D eigenvalue weighted by molar-refractivity contribution is -0.137. The van der Waals surface area contributed by atoms with E-state index in [2.05, 4.69) is 4.90 Å². The van der Waals surface area contributed by atoms with Crippen LogP contribution in [0.4, 0.5) is 4.39 Å². The van der Waals surface area contributed by atoms with E-state index in [0.29, 0.717) is 12.5 Å². The number of rotatable bonds is 4. The van der Waals surface area contributed by atoms with Crippen LogP contribution in [0.1, 0.15) is 36.4 Å². The highest BCUT2D eigenvalue weighted by atomic mass is 19.1. The Balaban J connectivity index is 1.38. The number of likely N-dealkylation sites (tertiary alicyclic amines) is 1. The third-order valence-electron chi connectivity index (χ3n) is 6.91. The summed E-state index contributed by atoms with van der Waals surface area (Å²) in [6, 6.07) is 15.0. The fraction of sp³-hybridized carbons (Fsp3) is 0.435. The molecule has 3 heterocycles. The molecular weight excluding hydrogens is 355 g/mol. The summed E-state index contributed by atoms with van der Waals surface area (Å²) in [4.78, 5) is 18.0. The van der Waals surface area contributed by atoms with E-state index in [1.54, 1.807) is 7.11 Å². The van der Waals surface area contributed by atoms with Gasteiger partial charge in [-0.1, -0.05) is 24.3 Å². The average molecular weight is 380 g/mol. The van der Waals surface area contributed by atoms with E-state index in [1.165, 1.54) is 12.1 Å². The fourth-order valence-electron chi connectivity index (χ4n) is 5.67. The lowest BCUT2D eigenvalue weighted by Crippen LogP contribution is -2.49. The number of hydrogen-bond acceptors (Lipinski definition) is 3. The second-order valence-electron chi connectivity index (χ2n) is 8.25. The molecule has 0 unspecified atom stereocenters. The van der Waals surface area contributed by atoms with E-state index < -0.39 is 0 Å². The Morgan fingerprint density at radius 2 is 1.89 bits per heavy atom. The zero-order valence-electron chi connectivity index (χ0n) is 16.1. The quantitative estimate of drug-likeness (QED) is 0.809. The molecule has 0 saturated carbocycles. The third kappa shape index (κ3) is 2.56. The van der Waals surface area contributed by atoms with Crippen LogP contribution in [0.3, 0.4) is 0 Å². The van der Waals surface area contributed by atoms with Gasteiger partial charge in [0.05, 0.1) is 7.11 Å². The van der Waals surface area contributed by atoms with Crippen molar-refractivity contribution in [2.75, 3.05) is 20.2 Å². The van der Waals surface area contributed by atoms with Crippen LogP contribution < -0.4 is 4.74 Å². The number of benzene rings is 2. The van der Waals surface area contributed by atoms with Crippen LogP contribution in [0.5, 0.6) is 5.75 Å². The molecule has 3 aliphatic heterocycles. The summed E-state index contributed by atoms with van der Waals surface area (Å²) in [6.45, 7) is 2.40. The standard InChI is InChI=1S/C23H25FN2O2/c1-28-20-9-3-16(4-10-20)14-25-15-18-13-21(17-5-7-19(24)8-6-17)26-12-2-11-23(18,26)22(25)27/h3-10,18,21H,2,11-15H2,1H3/t18-,21-,23-/m0/s1. The molecule has 0 aromatic heterocycles. The molecule has 3 atom stereocenters. The second-order valence-corrected chi connectivity index (χ2v) is 8.25. The average Bonchev–Trinajstić information content (AvgIpc) is 3.34. The number of carbonyl (C=O) groups excluding carboxylic acids is 1. The summed E-state index contributed by atoms with van der Waals surface area (Å²) < 4.78 is 18.6. The van der Waals surface area contributed by atoms with Gasteiger partial charge in [-0.25, -0.2) is 4.39 Å². The first kappa shape index (κ1) is 17.7. The predicted octanol–water partition coefficient (Wildman–Crippen LogP) is 3.77. The first-order chi connectivity index (χ1) is 13.6. The van der Waals surface area contributed by atoms with Gasteiger partial charge in [-0.3, -0.25) is 9.69 Å². The molecule has 0 aliphatic carbocycles. The highest BCUT2D eigenvalue weighted by Crippen LogP contribution is 2.56. The van der Waals surface area contributed by atoms with Crippen molar-refractivity contribution < 1.29 is 13.9 Å². The van der Waals surface area contributed by atoms with Crippen molar-refractivity contribution in [2.24, 2.45) is 5.92 Å². The monoisotopic (exact) mass is 380 g/mol. The lowest BCUT2D eigenvalue weighted by atomic mass is 9.85. The maximum Gasteiger partial charge on any atom is 0.243 e. The van der Waals surface area contributed by atoms with Crippen molar-refractivity contribution in [3.8, 4) is 5.75 Å². The number of methoxy groups -OCH3 is 1. The number of hydrogen-bond donors (Lipinski definition) is 0. The molecule has 0 N–H and O–H groups in total. The fourth-order valence-corrected chi connectivity index (χ4v) is 5.67. The van der Waals surface area contributed by atoms with Crippen molar-refractivity contribution in [3.63, 3.8) is 0 Å². The molecule has 5 rings (SSSR count). The largest absolute Gasteiger partial charge is 0.497 e. The van der Waals surface area contributed by atoms with Gasteiger partial charge < -0.3 is 9.64 Å². The van der Waals surface area contributed by atoms with Gasteiger partial charge in [-0.05, 0) is 61.2 Å². The highest BCUT2D eigenvalue weighted by Gasteiger charge is 2.64. The minimum absolute atomic E-state index is 0.209. The highest BCUT2D eigenvalue weighted by molar-refractivity contribution is 5.90. The van der Waals surface area contributed by atoms with Gasteiger partial charge in [0.25, 0.3) is 0 Å². The number of nitrogens with zero attached hydrogens (tertiary/aromatic N) is 2. The molecule has 5 heteroatoms. The van der Waals surface area contributed by atoms with Gasteiger partial charge in [0.1, 0.15) is 17.1 Å². The summed E-state index contributed by atoms with van der Waals surface area (Å²) in [5.41, 5.74) is 1.91. The Kier molecular flexibility index (Phi) is 4.16. The van der Waals surface area contributed by atoms with Gasteiger partial charge in [-0.15, -0.1) is 0 Å². The topological polar surface area (TPSA) is 32.8 Å². The molecule has 3 aliphatic rings. The second kappa shape index (κ2) is 6.59. The SMILES string of the molecule is COc1ccc(CN2C[C@@H]3C[C@@H](c4ccc(F)cc4)N4CCC[C@@]34C2=O)cc1. The van der Waals surface area contributed by atoms with Crippen molar-refractivity contribution in [3.05, 3.63) is 65.5 Å². The third-order valence-corrected chi connectivity index (χ3v) is 6.91. The van der Waals surface area contributed by atoms with E-state index >= 15 is 0 Å². The van der Waals surface area contributed by atoms with Crippen LogP contribution in [0.25, 0.3) is 0 Å². The van der Waals surface area contributed by atoms with E-state index in [-0.39, 0.29) is 23.3 Å².